The predicted octanol–water partition coefficient (Wildman–Crippen LogP) is 3.93. The number of aromatic nitrogens is 4. The second-order valence-corrected chi connectivity index (χ2v) is 6.89. The third kappa shape index (κ3) is 4.01. The minimum absolute atomic E-state index is 0.196. The summed E-state index contributed by atoms with van der Waals surface area (Å²) >= 11 is 3.33. The second-order valence-electron chi connectivity index (χ2n) is 5.97. The summed E-state index contributed by atoms with van der Waals surface area (Å²) in [5.74, 6) is -0.0320. The molecule has 1 aromatic carbocycles. The second kappa shape index (κ2) is 7.82. The van der Waals surface area contributed by atoms with Crippen LogP contribution in [0.1, 0.15) is 30.6 Å². The summed E-state index contributed by atoms with van der Waals surface area (Å²) in [6.45, 7) is 4.09. The Morgan fingerprint density at radius 2 is 2.15 bits per heavy atom. The standard InChI is InChI=1S/C18H19BrFN5O/c1-3-16(25-11-14(19)9-21-25)18(26)22-17-8-12(2)24(23-17)10-13-6-4-5-7-15(13)20/h4-9,11,16H,3,10H2,1-2H3,(H,22,23,26). The maximum Gasteiger partial charge on any atom is 0.250 e. The van der Waals surface area contributed by atoms with E-state index >= 15 is 0 Å². The molecular formula is C18H19BrFN5O. The van der Waals surface area contributed by atoms with Crippen molar-refractivity contribution in [2.24, 2.45) is 0 Å². The largest absolute Gasteiger partial charge is 0.307 e. The molecule has 26 heavy (non-hydrogen) atoms. The number of carbonyl (C=O) groups is 1. The van der Waals surface area contributed by atoms with Crippen LogP contribution in [0, 0.1) is 12.7 Å². The van der Waals surface area contributed by atoms with Gasteiger partial charge in [0, 0.05) is 23.5 Å². The Bertz CT molecular complexity index is 920. The van der Waals surface area contributed by atoms with E-state index in [1.807, 2.05) is 13.8 Å². The number of anilines is 1. The minimum Gasteiger partial charge on any atom is -0.307 e. The Hall–Kier alpha value is -2.48. The molecule has 1 atom stereocenters. The van der Waals surface area contributed by atoms with Gasteiger partial charge < -0.3 is 5.32 Å². The summed E-state index contributed by atoms with van der Waals surface area (Å²) in [6, 6.07) is 7.91. The highest BCUT2D eigenvalue weighted by Crippen LogP contribution is 2.18. The van der Waals surface area contributed by atoms with Crippen molar-refractivity contribution in [2.45, 2.75) is 32.9 Å². The molecular weight excluding hydrogens is 401 g/mol. The summed E-state index contributed by atoms with van der Waals surface area (Å²) < 4.78 is 17.9. The topological polar surface area (TPSA) is 64.7 Å². The number of nitrogens with zero attached hydrogens (tertiary/aromatic N) is 4. The minimum atomic E-state index is -0.432. The highest BCUT2D eigenvalue weighted by atomic mass is 79.9. The van der Waals surface area contributed by atoms with Crippen LogP contribution in [-0.2, 0) is 11.3 Å². The average Bonchev–Trinajstić information content (AvgIpc) is 3.16. The summed E-state index contributed by atoms with van der Waals surface area (Å²) in [5, 5.41) is 11.4. The van der Waals surface area contributed by atoms with Gasteiger partial charge in [-0.1, -0.05) is 25.1 Å². The van der Waals surface area contributed by atoms with E-state index in [1.165, 1.54) is 6.07 Å². The van der Waals surface area contributed by atoms with Crippen LogP contribution >= 0.6 is 15.9 Å². The summed E-state index contributed by atoms with van der Waals surface area (Å²) in [6.07, 6.45) is 3.99. The summed E-state index contributed by atoms with van der Waals surface area (Å²) in [4.78, 5) is 12.6. The fourth-order valence-corrected chi connectivity index (χ4v) is 3.01. The van der Waals surface area contributed by atoms with Gasteiger partial charge in [0.2, 0.25) is 5.91 Å². The number of carbonyl (C=O) groups excluding carboxylic acids is 1. The molecule has 2 aromatic heterocycles. The van der Waals surface area contributed by atoms with Crippen LogP contribution in [0.25, 0.3) is 0 Å². The normalized spacial score (nSPS) is 12.2. The van der Waals surface area contributed by atoms with Gasteiger partial charge in [-0.25, -0.2) is 4.39 Å². The first-order valence-corrected chi connectivity index (χ1v) is 9.05. The van der Waals surface area contributed by atoms with Gasteiger partial charge in [0.05, 0.1) is 17.2 Å². The highest BCUT2D eigenvalue weighted by molar-refractivity contribution is 9.10. The van der Waals surface area contributed by atoms with Crippen molar-refractivity contribution in [3.63, 3.8) is 0 Å². The molecule has 0 spiro atoms. The van der Waals surface area contributed by atoms with E-state index in [9.17, 15) is 9.18 Å². The lowest BCUT2D eigenvalue weighted by Gasteiger charge is -2.14. The number of nitrogens with one attached hydrogen (secondary N) is 1. The maximum absolute atomic E-state index is 13.8. The lowest BCUT2D eigenvalue weighted by molar-refractivity contribution is -0.119. The molecule has 0 aliphatic rings. The molecule has 0 radical (unpaired) electrons. The lowest BCUT2D eigenvalue weighted by atomic mass is 10.2. The third-order valence-corrected chi connectivity index (χ3v) is 4.50. The van der Waals surface area contributed by atoms with Crippen molar-refractivity contribution in [1.29, 1.82) is 0 Å². The van der Waals surface area contributed by atoms with Gasteiger partial charge in [-0.2, -0.15) is 10.2 Å². The molecule has 3 aromatic rings. The number of halogens is 2. The first-order chi connectivity index (χ1) is 12.5. The SMILES string of the molecule is CCC(C(=O)Nc1cc(C)n(Cc2ccccc2F)n1)n1cc(Br)cn1. The van der Waals surface area contributed by atoms with Gasteiger partial charge in [0.15, 0.2) is 5.82 Å². The molecule has 0 fully saturated rings. The number of hydrogen-bond acceptors (Lipinski definition) is 3. The van der Waals surface area contributed by atoms with E-state index < -0.39 is 6.04 Å². The number of benzene rings is 1. The van der Waals surface area contributed by atoms with Crippen LogP contribution in [0.2, 0.25) is 0 Å². The third-order valence-electron chi connectivity index (χ3n) is 4.09. The first kappa shape index (κ1) is 18.3. The number of rotatable bonds is 6. The van der Waals surface area contributed by atoms with E-state index in [2.05, 4.69) is 31.4 Å². The van der Waals surface area contributed by atoms with E-state index in [4.69, 9.17) is 0 Å². The fourth-order valence-electron chi connectivity index (χ4n) is 2.71. The fraction of sp³-hybridized carbons (Fsp3) is 0.278. The molecule has 1 amide bonds. The number of hydrogen-bond donors (Lipinski definition) is 1. The van der Waals surface area contributed by atoms with Gasteiger partial charge in [-0.05, 0) is 35.3 Å². The summed E-state index contributed by atoms with van der Waals surface area (Å²) in [7, 11) is 0. The quantitative estimate of drug-likeness (QED) is 0.658. The van der Waals surface area contributed by atoms with Crippen LogP contribution in [0.5, 0.6) is 0 Å². The summed E-state index contributed by atoms with van der Waals surface area (Å²) in [5.41, 5.74) is 1.38. The Kier molecular flexibility index (Phi) is 5.51. The van der Waals surface area contributed by atoms with E-state index in [0.29, 0.717) is 24.3 Å². The van der Waals surface area contributed by atoms with Crippen molar-refractivity contribution in [3.8, 4) is 0 Å². The van der Waals surface area contributed by atoms with Crippen molar-refractivity contribution in [1.82, 2.24) is 19.6 Å². The Morgan fingerprint density at radius 3 is 2.81 bits per heavy atom. The molecule has 0 saturated heterocycles. The molecule has 6 nitrogen and oxygen atoms in total. The first-order valence-electron chi connectivity index (χ1n) is 8.26. The van der Waals surface area contributed by atoms with E-state index in [-0.39, 0.29) is 11.7 Å². The van der Waals surface area contributed by atoms with E-state index in [1.54, 1.807) is 46.0 Å². The molecule has 0 aliphatic carbocycles. The van der Waals surface area contributed by atoms with Crippen molar-refractivity contribution in [2.75, 3.05) is 5.32 Å². The number of aryl methyl sites for hydroxylation is 1. The van der Waals surface area contributed by atoms with Crippen LogP contribution in [0.3, 0.4) is 0 Å². The molecule has 136 valence electrons. The Morgan fingerprint density at radius 1 is 1.38 bits per heavy atom. The average molecular weight is 420 g/mol. The number of amides is 1. The Labute approximate surface area is 159 Å². The van der Waals surface area contributed by atoms with Gasteiger partial charge in [-0.15, -0.1) is 0 Å². The zero-order chi connectivity index (χ0) is 18.7. The van der Waals surface area contributed by atoms with Gasteiger partial charge in [-0.3, -0.25) is 14.2 Å². The van der Waals surface area contributed by atoms with Crippen LogP contribution in [-0.4, -0.2) is 25.5 Å². The lowest BCUT2D eigenvalue weighted by Crippen LogP contribution is -2.26. The molecule has 0 bridgehead atoms. The molecule has 0 aliphatic heterocycles. The van der Waals surface area contributed by atoms with Crippen molar-refractivity contribution in [3.05, 3.63) is 64.3 Å². The van der Waals surface area contributed by atoms with Crippen LogP contribution in [0.15, 0.2) is 47.2 Å². The van der Waals surface area contributed by atoms with Crippen molar-refractivity contribution < 1.29 is 9.18 Å². The molecule has 3 rings (SSSR count). The van der Waals surface area contributed by atoms with Gasteiger partial charge in [0.25, 0.3) is 0 Å². The van der Waals surface area contributed by atoms with E-state index in [0.717, 1.165) is 10.2 Å². The van der Waals surface area contributed by atoms with Crippen LogP contribution in [0.4, 0.5) is 10.2 Å². The molecule has 1 unspecified atom stereocenters. The molecule has 0 saturated carbocycles. The van der Waals surface area contributed by atoms with Gasteiger partial charge >= 0.3 is 0 Å². The van der Waals surface area contributed by atoms with Gasteiger partial charge in [0.1, 0.15) is 11.9 Å². The maximum atomic E-state index is 13.8. The molecule has 1 N–H and O–H groups in total. The highest BCUT2D eigenvalue weighted by Gasteiger charge is 2.20. The monoisotopic (exact) mass is 419 g/mol. The Balaban J connectivity index is 1.74. The van der Waals surface area contributed by atoms with Crippen molar-refractivity contribution >= 4 is 27.7 Å². The zero-order valence-electron chi connectivity index (χ0n) is 14.5. The molecule has 8 heteroatoms. The predicted molar refractivity (Wildman–Crippen MR) is 100 cm³/mol. The van der Waals surface area contributed by atoms with Crippen LogP contribution < -0.4 is 5.32 Å². The zero-order valence-corrected chi connectivity index (χ0v) is 16.1. The smallest absolute Gasteiger partial charge is 0.250 e. The molecule has 2 heterocycles.